The van der Waals surface area contributed by atoms with Crippen molar-refractivity contribution in [2.75, 3.05) is 0 Å². The van der Waals surface area contributed by atoms with E-state index >= 15 is 0 Å². The molecule has 0 aliphatic rings. The second kappa shape index (κ2) is 8.53. The van der Waals surface area contributed by atoms with Gasteiger partial charge in [0.1, 0.15) is 0 Å². The Labute approximate surface area is 76.0 Å². The molecule has 11 heavy (non-hydrogen) atoms. The normalized spacial score (nSPS) is 12.0. The fourth-order valence-electron chi connectivity index (χ4n) is 1.33. The van der Waals surface area contributed by atoms with E-state index in [2.05, 4.69) is 20.0 Å². The minimum atomic E-state index is -0.0904. The van der Waals surface area contributed by atoms with E-state index in [0.29, 0.717) is 9.04 Å². The summed E-state index contributed by atoms with van der Waals surface area (Å²) in [6.45, 7) is 7.31. The van der Waals surface area contributed by atoms with Gasteiger partial charge in [0.05, 0.1) is 0 Å². The second-order valence-electron chi connectivity index (χ2n) is 3.95. The van der Waals surface area contributed by atoms with Crippen LogP contribution in [0, 0.1) is 0 Å². The highest BCUT2D eigenvalue weighted by atomic mass is 29.2. The summed E-state index contributed by atoms with van der Waals surface area (Å²) in [5, 5.41) is 0. The molecule has 0 aromatic rings. The van der Waals surface area contributed by atoms with E-state index in [-0.39, 0.29) is 8.31 Å². The highest BCUT2D eigenvalue weighted by molar-refractivity contribution is 7.11. The van der Waals surface area contributed by atoms with Crippen molar-refractivity contribution in [1.29, 1.82) is 0 Å². The molecule has 0 N–H and O–H groups in total. The Kier molecular flexibility index (Phi) is 8.87. The Morgan fingerprint density at radius 3 is 2.18 bits per heavy atom. The molecule has 0 radical (unpaired) electrons. The predicted octanol–water partition coefficient (Wildman–Crippen LogP) is 2.53. The first-order valence-electron chi connectivity index (χ1n) is 5.27. The van der Waals surface area contributed by atoms with Crippen molar-refractivity contribution in [1.82, 2.24) is 0 Å². The van der Waals surface area contributed by atoms with E-state index in [0.717, 1.165) is 0 Å². The van der Waals surface area contributed by atoms with E-state index in [9.17, 15) is 0 Å². The van der Waals surface area contributed by atoms with Crippen LogP contribution in [-0.2, 0) is 0 Å². The number of hydrogen-bond donors (Lipinski definition) is 0. The van der Waals surface area contributed by atoms with Crippen LogP contribution in [0.3, 0.4) is 0 Å². The quantitative estimate of drug-likeness (QED) is 0.425. The van der Waals surface area contributed by atoms with Gasteiger partial charge in [0.25, 0.3) is 0 Å². The molecular formula is C9H24Si2. The highest BCUT2D eigenvalue weighted by Crippen LogP contribution is 2.04. The van der Waals surface area contributed by atoms with Gasteiger partial charge in [0, 0.05) is 17.4 Å². The van der Waals surface area contributed by atoms with E-state index in [1.54, 1.807) is 12.5 Å². The molecule has 2 heteroatoms. The minimum Gasteiger partial charge on any atom is -0.0745 e. The molecular weight excluding hydrogens is 164 g/mol. The lowest BCUT2D eigenvalue weighted by molar-refractivity contribution is 0.656. The molecule has 0 aromatic carbocycles. The third kappa shape index (κ3) is 10.4. The molecule has 0 spiro atoms. The molecule has 0 unspecified atom stereocenters. The summed E-state index contributed by atoms with van der Waals surface area (Å²) >= 11 is 0. The molecule has 0 bridgehead atoms. The van der Waals surface area contributed by atoms with Crippen molar-refractivity contribution in [3.05, 3.63) is 0 Å². The van der Waals surface area contributed by atoms with Gasteiger partial charge in [-0.25, -0.2) is 0 Å². The van der Waals surface area contributed by atoms with E-state index < -0.39 is 0 Å². The van der Waals surface area contributed by atoms with Gasteiger partial charge in [-0.15, -0.1) is 0 Å². The molecule has 0 atom stereocenters. The Balaban J connectivity index is 2.80. The Hall–Kier alpha value is 0.434. The maximum Gasteiger partial charge on any atom is 0.0180 e. The molecule has 0 aromatic heterocycles. The molecule has 0 heterocycles. The van der Waals surface area contributed by atoms with Crippen molar-refractivity contribution in [3.8, 4) is 0 Å². The van der Waals surface area contributed by atoms with Crippen LogP contribution in [0.5, 0.6) is 0 Å². The lowest BCUT2D eigenvalue weighted by Gasteiger charge is -2.01. The van der Waals surface area contributed by atoms with Gasteiger partial charge in [-0.2, -0.15) is 0 Å². The van der Waals surface area contributed by atoms with Crippen LogP contribution in [0.25, 0.3) is 0 Å². The zero-order valence-corrected chi connectivity index (χ0v) is 11.1. The number of hydrogen-bond acceptors (Lipinski definition) is 0. The van der Waals surface area contributed by atoms with Gasteiger partial charge >= 0.3 is 0 Å². The Morgan fingerprint density at radius 1 is 1.00 bits per heavy atom. The summed E-state index contributed by atoms with van der Waals surface area (Å²) in [5.41, 5.74) is 0. The largest absolute Gasteiger partial charge is 0.0745 e. The fourth-order valence-corrected chi connectivity index (χ4v) is 6.11. The molecule has 0 fully saturated rings. The smallest absolute Gasteiger partial charge is 0.0180 e. The van der Waals surface area contributed by atoms with E-state index in [4.69, 9.17) is 0 Å². The van der Waals surface area contributed by atoms with Gasteiger partial charge in [0.2, 0.25) is 0 Å². The molecule has 68 valence electrons. The predicted molar refractivity (Wildman–Crippen MR) is 61.0 cm³/mol. The Morgan fingerprint density at radius 2 is 1.64 bits per heavy atom. The molecule has 0 aliphatic carbocycles. The molecule has 0 saturated heterocycles. The average Bonchev–Trinajstić information content (AvgIpc) is 1.96. The third-order valence-electron chi connectivity index (χ3n) is 2.14. The summed E-state index contributed by atoms with van der Waals surface area (Å²) in [4.78, 5) is 0. The zero-order valence-electron chi connectivity index (χ0n) is 8.53. The minimum absolute atomic E-state index is 0.0904. The van der Waals surface area contributed by atoms with Crippen molar-refractivity contribution >= 4 is 17.4 Å². The number of rotatable bonds is 7. The van der Waals surface area contributed by atoms with Gasteiger partial charge < -0.3 is 0 Å². The first-order chi connectivity index (χ1) is 5.27. The first kappa shape index (κ1) is 11.4. The van der Waals surface area contributed by atoms with Crippen molar-refractivity contribution in [2.45, 2.75) is 58.2 Å². The first-order valence-corrected chi connectivity index (χ1v) is 11.8. The lowest BCUT2D eigenvalue weighted by Crippen LogP contribution is -2.11. The van der Waals surface area contributed by atoms with E-state index in [1.807, 2.05) is 0 Å². The fraction of sp³-hybridized carbons (Fsp3) is 1.00. The molecule has 0 aliphatic heterocycles. The van der Waals surface area contributed by atoms with Crippen molar-refractivity contribution < 1.29 is 0 Å². The van der Waals surface area contributed by atoms with Crippen LogP contribution >= 0.6 is 0 Å². The standard InChI is InChI=1S/C9H24Si2/c1-4-5-6-7-8-9-10-11(2)3/h11H,4-10H2,1-3H3. The SMILES string of the molecule is CCCCCCC[SiH2][SiH](C)C. The summed E-state index contributed by atoms with van der Waals surface area (Å²) in [7, 11) is 0.360. The molecule has 0 amide bonds. The summed E-state index contributed by atoms with van der Waals surface area (Å²) in [5.74, 6) is 0. The zero-order chi connectivity index (χ0) is 8.53. The molecule has 0 saturated carbocycles. The average molecular weight is 188 g/mol. The van der Waals surface area contributed by atoms with Crippen LogP contribution in [0.1, 0.15) is 39.0 Å². The maximum absolute atomic E-state index is 2.51. The Bertz CT molecular complexity index is 72.0. The van der Waals surface area contributed by atoms with Gasteiger partial charge in [0.15, 0.2) is 0 Å². The topological polar surface area (TPSA) is 0 Å². The summed E-state index contributed by atoms with van der Waals surface area (Å²) in [6.07, 6.45) is 7.40. The van der Waals surface area contributed by atoms with Crippen LogP contribution < -0.4 is 0 Å². The van der Waals surface area contributed by atoms with Crippen molar-refractivity contribution in [2.24, 2.45) is 0 Å². The third-order valence-corrected chi connectivity index (χ3v) is 8.89. The highest BCUT2D eigenvalue weighted by Gasteiger charge is 1.95. The van der Waals surface area contributed by atoms with Crippen LogP contribution in [0.4, 0.5) is 0 Å². The monoisotopic (exact) mass is 188 g/mol. The van der Waals surface area contributed by atoms with Crippen LogP contribution in [0.2, 0.25) is 19.1 Å². The molecule has 0 nitrogen and oxygen atoms in total. The number of unbranched alkanes of at least 4 members (excludes halogenated alkanes) is 4. The van der Waals surface area contributed by atoms with Gasteiger partial charge in [-0.1, -0.05) is 58.2 Å². The van der Waals surface area contributed by atoms with Gasteiger partial charge in [-0.05, 0) is 0 Å². The van der Waals surface area contributed by atoms with Crippen LogP contribution in [0.15, 0.2) is 0 Å². The summed E-state index contributed by atoms with van der Waals surface area (Å²) < 4.78 is 0. The second-order valence-corrected chi connectivity index (χ2v) is 14.7. The summed E-state index contributed by atoms with van der Waals surface area (Å²) in [6, 6.07) is 1.65. The van der Waals surface area contributed by atoms with Crippen LogP contribution in [-0.4, -0.2) is 17.4 Å². The maximum atomic E-state index is 2.51. The lowest BCUT2D eigenvalue weighted by atomic mass is 10.2. The van der Waals surface area contributed by atoms with Crippen molar-refractivity contribution in [3.63, 3.8) is 0 Å². The van der Waals surface area contributed by atoms with E-state index in [1.165, 1.54) is 25.7 Å². The molecule has 0 rings (SSSR count). The van der Waals surface area contributed by atoms with Gasteiger partial charge in [-0.3, -0.25) is 0 Å².